The highest BCUT2D eigenvalue weighted by Crippen LogP contribution is 2.30. The summed E-state index contributed by atoms with van der Waals surface area (Å²) < 4.78 is 0. The van der Waals surface area contributed by atoms with Gasteiger partial charge in [-0.15, -0.1) is 0 Å². The van der Waals surface area contributed by atoms with E-state index in [0.717, 1.165) is 27.8 Å². The van der Waals surface area contributed by atoms with Crippen molar-refractivity contribution in [3.63, 3.8) is 0 Å². The van der Waals surface area contributed by atoms with Crippen LogP contribution < -0.4 is 0 Å². The third kappa shape index (κ3) is 7.29. The first-order chi connectivity index (χ1) is 21.7. The summed E-state index contributed by atoms with van der Waals surface area (Å²) in [6, 6.07) is 35.8. The second-order valence-electron chi connectivity index (χ2n) is 10.0. The number of ketones is 2. The number of oxime groups is 1. The van der Waals surface area contributed by atoms with Crippen LogP contribution in [0.3, 0.4) is 0 Å². The smallest absolute Gasteiger partial charge is 0.318 e. The van der Waals surface area contributed by atoms with Gasteiger partial charge in [-0.05, 0) is 72.1 Å². The average Bonchev–Trinajstić information content (AvgIpc) is 3.06. The minimum absolute atomic E-state index is 0.0195. The lowest BCUT2D eigenvalue weighted by Gasteiger charge is -2.10. The van der Waals surface area contributed by atoms with Crippen molar-refractivity contribution in [2.45, 2.75) is 23.6 Å². The Morgan fingerprint density at radius 3 is 1.78 bits per heavy atom. The van der Waals surface area contributed by atoms with Gasteiger partial charge in [-0.2, -0.15) is 0 Å². The van der Waals surface area contributed by atoms with Gasteiger partial charge >= 0.3 is 5.97 Å². The van der Waals surface area contributed by atoms with Crippen LogP contribution in [0.15, 0.2) is 136 Å². The fourth-order valence-corrected chi connectivity index (χ4v) is 5.47. The molecule has 0 unspecified atom stereocenters. The lowest BCUT2D eigenvalue weighted by molar-refractivity contribution is -0.385. The number of carbonyl (C=O) groups is 3. The van der Waals surface area contributed by atoms with E-state index in [9.17, 15) is 24.5 Å². The van der Waals surface area contributed by atoms with Gasteiger partial charge < -0.3 is 4.84 Å². The molecule has 0 fully saturated rings. The Hall–Kier alpha value is -5.67. The fourth-order valence-electron chi connectivity index (χ4n) is 4.66. The molecule has 0 heterocycles. The lowest BCUT2D eigenvalue weighted by Crippen LogP contribution is -2.20. The maximum absolute atomic E-state index is 13.5. The third-order valence-corrected chi connectivity index (χ3v) is 7.90. The number of carbonyl (C=O) groups excluding carboxylic acids is 3. The van der Waals surface area contributed by atoms with Gasteiger partial charge in [0.05, 0.1) is 10.5 Å². The summed E-state index contributed by atoms with van der Waals surface area (Å²) in [6.45, 7) is 2.73. The van der Waals surface area contributed by atoms with E-state index < -0.39 is 16.7 Å². The number of hydrogen-bond acceptors (Lipinski definition) is 8. The molecule has 0 aliphatic heterocycles. The number of nitrogens with zero attached hydrogens (tertiary/aromatic N) is 2. The van der Waals surface area contributed by atoms with E-state index in [2.05, 4.69) is 5.16 Å². The van der Waals surface area contributed by atoms with Crippen LogP contribution in [-0.2, 0) is 9.63 Å². The number of aryl methyl sites for hydroxylation is 1. The highest BCUT2D eigenvalue weighted by Gasteiger charge is 2.27. The van der Waals surface area contributed by atoms with Gasteiger partial charge in [-0.25, -0.2) is 4.79 Å². The standard InChI is InChI=1S/C36H26N2O6S/c1-23-7-6-10-32(38(42)43)33(23)34(37-44-24(2)39)36(41)29-17-21-31(22-18-29)45-30-19-15-28(16-20-30)35(40)27-13-11-26(12-14-27)25-8-4-3-5-9-25/h3-22H,1-2H3/b37-34-. The molecule has 5 aromatic rings. The molecule has 0 amide bonds. The van der Waals surface area contributed by atoms with Gasteiger partial charge in [0, 0.05) is 39.5 Å². The number of nitro benzene ring substituents is 1. The Balaban J connectivity index is 1.30. The molecule has 0 radical (unpaired) electrons. The molecular formula is C36H26N2O6S. The van der Waals surface area contributed by atoms with Crippen LogP contribution in [-0.4, -0.2) is 28.2 Å². The van der Waals surface area contributed by atoms with Crippen LogP contribution in [0.5, 0.6) is 0 Å². The highest BCUT2D eigenvalue weighted by atomic mass is 32.2. The molecule has 0 aromatic heterocycles. The van der Waals surface area contributed by atoms with Gasteiger partial charge in [-0.1, -0.05) is 83.6 Å². The number of benzene rings is 5. The number of Topliss-reactive ketones (excluding diaryl/α,β-unsaturated/α-hetero) is 1. The third-order valence-electron chi connectivity index (χ3n) is 6.89. The van der Waals surface area contributed by atoms with Crippen molar-refractivity contribution in [1.82, 2.24) is 0 Å². The molecule has 0 saturated carbocycles. The normalized spacial score (nSPS) is 11.1. The molecule has 8 nitrogen and oxygen atoms in total. The van der Waals surface area contributed by atoms with Crippen molar-refractivity contribution >= 4 is 40.7 Å². The molecule has 0 saturated heterocycles. The van der Waals surface area contributed by atoms with E-state index in [1.807, 2.05) is 66.7 Å². The van der Waals surface area contributed by atoms with Crippen molar-refractivity contribution in [2.24, 2.45) is 5.16 Å². The summed E-state index contributed by atoms with van der Waals surface area (Å²) in [7, 11) is 0. The molecule has 0 spiro atoms. The first-order valence-corrected chi connectivity index (χ1v) is 14.7. The summed E-state index contributed by atoms with van der Waals surface area (Å²) in [4.78, 5) is 55.6. The van der Waals surface area contributed by atoms with Gasteiger partial charge in [0.25, 0.3) is 5.69 Å². The topological polar surface area (TPSA) is 116 Å². The molecular weight excluding hydrogens is 588 g/mol. The van der Waals surface area contributed by atoms with E-state index in [4.69, 9.17) is 4.84 Å². The number of hydrogen-bond donors (Lipinski definition) is 0. The van der Waals surface area contributed by atoms with Crippen molar-refractivity contribution in [2.75, 3.05) is 0 Å². The maximum atomic E-state index is 13.5. The summed E-state index contributed by atoms with van der Waals surface area (Å²) in [5, 5.41) is 15.4. The molecule has 222 valence electrons. The summed E-state index contributed by atoms with van der Waals surface area (Å²) in [5.41, 5.74) is 3.24. The van der Waals surface area contributed by atoms with Gasteiger partial charge in [0.2, 0.25) is 5.78 Å². The Morgan fingerprint density at radius 2 is 1.22 bits per heavy atom. The molecule has 0 aliphatic rings. The van der Waals surface area contributed by atoms with Crippen LogP contribution in [0.2, 0.25) is 0 Å². The van der Waals surface area contributed by atoms with Crippen LogP contribution in [0, 0.1) is 17.0 Å². The van der Waals surface area contributed by atoms with Crippen molar-refractivity contribution < 1.29 is 24.1 Å². The minimum Gasteiger partial charge on any atom is -0.318 e. The Kier molecular flexibility index (Phi) is 9.40. The van der Waals surface area contributed by atoms with Crippen molar-refractivity contribution in [3.05, 3.63) is 159 Å². The van der Waals surface area contributed by atoms with Crippen LogP contribution >= 0.6 is 11.8 Å². The van der Waals surface area contributed by atoms with Gasteiger partial charge in [0.1, 0.15) is 0 Å². The predicted molar refractivity (Wildman–Crippen MR) is 173 cm³/mol. The maximum Gasteiger partial charge on any atom is 0.332 e. The fraction of sp³-hybridized carbons (Fsp3) is 0.0556. The Bertz CT molecular complexity index is 1920. The van der Waals surface area contributed by atoms with Crippen molar-refractivity contribution in [3.8, 4) is 11.1 Å². The zero-order valence-electron chi connectivity index (χ0n) is 24.3. The summed E-state index contributed by atoms with van der Waals surface area (Å²) >= 11 is 1.44. The molecule has 45 heavy (non-hydrogen) atoms. The second-order valence-corrected chi connectivity index (χ2v) is 11.1. The van der Waals surface area contributed by atoms with E-state index in [1.54, 1.807) is 49.4 Å². The Labute approximate surface area is 263 Å². The zero-order valence-corrected chi connectivity index (χ0v) is 25.1. The van der Waals surface area contributed by atoms with Gasteiger partial charge in [-0.3, -0.25) is 19.7 Å². The molecule has 5 aromatic carbocycles. The van der Waals surface area contributed by atoms with Crippen LogP contribution in [0.25, 0.3) is 11.1 Å². The largest absolute Gasteiger partial charge is 0.332 e. The monoisotopic (exact) mass is 614 g/mol. The Morgan fingerprint density at radius 1 is 0.689 bits per heavy atom. The quantitative estimate of drug-likeness (QED) is 0.0513. The number of rotatable bonds is 10. The summed E-state index contributed by atoms with van der Waals surface area (Å²) in [6.07, 6.45) is 0. The predicted octanol–water partition coefficient (Wildman–Crippen LogP) is 8.10. The minimum atomic E-state index is -0.767. The molecule has 9 heteroatoms. The molecule has 0 aliphatic carbocycles. The summed E-state index contributed by atoms with van der Waals surface area (Å²) in [5.74, 6) is -1.48. The first-order valence-electron chi connectivity index (χ1n) is 13.8. The van der Waals surface area contributed by atoms with Crippen molar-refractivity contribution in [1.29, 1.82) is 0 Å². The second kappa shape index (κ2) is 13.7. The molecule has 0 atom stereocenters. The van der Waals surface area contributed by atoms with Crippen LogP contribution in [0.1, 0.15) is 44.3 Å². The van der Waals surface area contributed by atoms with E-state index in [0.29, 0.717) is 16.7 Å². The van der Waals surface area contributed by atoms with E-state index in [1.165, 1.54) is 23.9 Å². The SMILES string of the molecule is CC(=O)O/N=C(\C(=O)c1ccc(Sc2ccc(C(=O)c3ccc(-c4ccccc4)cc3)cc2)cc1)c1c(C)cccc1[N+](=O)[O-]. The van der Waals surface area contributed by atoms with E-state index >= 15 is 0 Å². The van der Waals surface area contributed by atoms with Gasteiger partial charge in [0.15, 0.2) is 11.5 Å². The zero-order chi connectivity index (χ0) is 31.9. The van der Waals surface area contributed by atoms with Crippen LogP contribution in [0.4, 0.5) is 5.69 Å². The average molecular weight is 615 g/mol. The highest BCUT2D eigenvalue weighted by molar-refractivity contribution is 7.99. The molecule has 5 rings (SSSR count). The lowest BCUT2D eigenvalue weighted by atomic mass is 9.96. The number of nitro groups is 1. The first kappa shape index (κ1) is 30.8. The molecule has 0 bridgehead atoms. The van der Waals surface area contributed by atoms with E-state index in [-0.39, 0.29) is 28.3 Å². The molecule has 0 N–H and O–H groups in total.